The predicted molar refractivity (Wildman–Crippen MR) is 141 cm³/mol. The zero-order valence-electron chi connectivity index (χ0n) is 20.6. The average Bonchev–Trinajstić information content (AvgIpc) is 3.30. The van der Waals surface area contributed by atoms with E-state index < -0.39 is 11.5 Å². The second-order valence-electron chi connectivity index (χ2n) is 10.0. The summed E-state index contributed by atoms with van der Waals surface area (Å²) in [6.45, 7) is 11.2. The number of hydrogen-bond donors (Lipinski definition) is 2. The van der Waals surface area contributed by atoms with Gasteiger partial charge < -0.3 is 10.6 Å². The molecule has 8 nitrogen and oxygen atoms in total. The summed E-state index contributed by atoms with van der Waals surface area (Å²) in [5, 5.41) is 12.7. The van der Waals surface area contributed by atoms with Crippen LogP contribution in [0.5, 0.6) is 0 Å². The molecule has 3 aromatic heterocycles. The average molecular weight is 515 g/mol. The van der Waals surface area contributed by atoms with Crippen molar-refractivity contribution in [3.05, 3.63) is 51.5 Å². The molecule has 0 bridgehead atoms. The Morgan fingerprint density at radius 3 is 2.69 bits per heavy atom. The van der Waals surface area contributed by atoms with Crippen molar-refractivity contribution in [3.8, 4) is 11.3 Å². The quantitative estimate of drug-likeness (QED) is 0.470. The van der Waals surface area contributed by atoms with Gasteiger partial charge in [-0.2, -0.15) is 5.10 Å². The summed E-state index contributed by atoms with van der Waals surface area (Å²) in [6, 6.07) is 3.88. The summed E-state index contributed by atoms with van der Waals surface area (Å²) in [4.78, 5) is 33.8. The molecule has 3 heterocycles. The van der Waals surface area contributed by atoms with Crippen molar-refractivity contribution in [2.75, 3.05) is 10.6 Å². The summed E-state index contributed by atoms with van der Waals surface area (Å²) in [5.41, 5.74) is 1.89. The molecule has 0 aromatic carbocycles. The Hall–Kier alpha value is -2.78. The van der Waals surface area contributed by atoms with Crippen LogP contribution in [0, 0.1) is 23.2 Å². The number of carbonyl (C=O) groups is 1. The van der Waals surface area contributed by atoms with Crippen LogP contribution in [0.2, 0.25) is 5.02 Å². The van der Waals surface area contributed by atoms with Crippen LogP contribution in [0.15, 0.2) is 40.9 Å². The van der Waals surface area contributed by atoms with Gasteiger partial charge in [0, 0.05) is 29.4 Å². The molecule has 1 saturated carbocycles. The second kappa shape index (κ2) is 10.1. The van der Waals surface area contributed by atoms with Gasteiger partial charge in [0.25, 0.3) is 5.56 Å². The van der Waals surface area contributed by atoms with Crippen LogP contribution in [0.4, 0.5) is 10.8 Å². The number of thiazole rings is 1. The maximum Gasteiger partial charge on any atom is 0.288 e. The van der Waals surface area contributed by atoms with Crippen LogP contribution < -0.4 is 16.2 Å². The molecular weight excluding hydrogens is 484 g/mol. The molecule has 186 valence electrons. The molecular formula is C25H31ClN6O2S. The van der Waals surface area contributed by atoms with Gasteiger partial charge in [0.1, 0.15) is 11.6 Å². The van der Waals surface area contributed by atoms with E-state index >= 15 is 0 Å². The van der Waals surface area contributed by atoms with E-state index in [1.165, 1.54) is 17.5 Å². The van der Waals surface area contributed by atoms with E-state index in [9.17, 15) is 9.59 Å². The van der Waals surface area contributed by atoms with Gasteiger partial charge in [0.2, 0.25) is 5.91 Å². The van der Waals surface area contributed by atoms with E-state index in [-0.39, 0.29) is 23.0 Å². The van der Waals surface area contributed by atoms with Gasteiger partial charge in [0.15, 0.2) is 5.13 Å². The Labute approximate surface area is 214 Å². The van der Waals surface area contributed by atoms with Crippen molar-refractivity contribution in [2.45, 2.75) is 53.6 Å². The molecule has 4 atom stereocenters. The molecule has 1 aliphatic rings. The van der Waals surface area contributed by atoms with Gasteiger partial charge in [-0.3, -0.25) is 14.6 Å². The van der Waals surface area contributed by atoms with E-state index in [0.29, 0.717) is 28.6 Å². The van der Waals surface area contributed by atoms with Crippen LogP contribution in [-0.2, 0) is 11.3 Å². The Kier molecular flexibility index (Phi) is 7.28. The van der Waals surface area contributed by atoms with E-state index in [4.69, 9.17) is 11.6 Å². The number of anilines is 2. The molecule has 2 N–H and O–H groups in total. The number of halogens is 1. The minimum absolute atomic E-state index is 0.0411. The number of nitrogens with zero attached hydrogens (tertiary/aromatic N) is 4. The second-order valence-corrected chi connectivity index (χ2v) is 11.2. The Morgan fingerprint density at radius 2 is 1.97 bits per heavy atom. The summed E-state index contributed by atoms with van der Waals surface area (Å²) < 4.78 is 1.07. The van der Waals surface area contributed by atoms with Crippen LogP contribution in [-0.4, -0.2) is 31.7 Å². The van der Waals surface area contributed by atoms with Gasteiger partial charge in [-0.15, -0.1) is 11.3 Å². The predicted octanol–water partition coefficient (Wildman–Crippen LogP) is 5.17. The molecule has 10 heteroatoms. The normalized spacial score (nSPS) is 23.6. The zero-order valence-corrected chi connectivity index (χ0v) is 22.2. The SMILES string of the molecule is C[C@@H]1[C@@H](C)C(C)(C)[C@@H](C)C[C@H]1Nc1cnn(CC(=O)Nc2nc(-c3ccncc3)cs2)c(=O)c1Cl. The molecule has 3 aromatic rings. The highest BCUT2D eigenvalue weighted by molar-refractivity contribution is 7.14. The van der Waals surface area contributed by atoms with Gasteiger partial charge in [-0.05, 0) is 41.7 Å². The first-order valence-electron chi connectivity index (χ1n) is 11.8. The minimum atomic E-state index is -0.506. The van der Waals surface area contributed by atoms with Crippen molar-refractivity contribution < 1.29 is 4.79 Å². The number of rotatable bonds is 6. The van der Waals surface area contributed by atoms with E-state index in [1.54, 1.807) is 12.4 Å². The number of aromatic nitrogens is 4. The monoisotopic (exact) mass is 514 g/mol. The molecule has 0 radical (unpaired) electrons. The third-order valence-electron chi connectivity index (χ3n) is 7.82. The number of amides is 1. The van der Waals surface area contributed by atoms with Crippen LogP contribution in [0.3, 0.4) is 0 Å². The van der Waals surface area contributed by atoms with E-state index in [0.717, 1.165) is 22.4 Å². The Bertz CT molecular complexity index is 1260. The highest BCUT2D eigenvalue weighted by Crippen LogP contribution is 2.48. The number of nitrogens with one attached hydrogen (secondary N) is 2. The zero-order chi connectivity index (χ0) is 25.3. The highest BCUT2D eigenvalue weighted by atomic mass is 35.5. The summed E-state index contributed by atoms with van der Waals surface area (Å²) >= 11 is 7.73. The lowest BCUT2D eigenvalue weighted by Crippen LogP contribution is -2.48. The lowest BCUT2D eigenvalue weighted by atomic mass is 9.58. The molecule has 1 aliphatic carbocycles. The summed E-state index contributed by atoms with van der Waals surface area (Å²) in [7, 11) is 0. The number of carbonyl (C=O) groups excluding carboxylic acids is 1. The van der Waals surface area contributed by atoms with Crippen molar-refractivity contribution in [3.63, 3.8) is 0 Å². The first-order valence-corrected chi connectivity index (χ1v) is 13.0. The van der Waals surface area contributed by atoms with Crippen LogP contribution in [0.1, 0.15) is 41.0 Å². The molecule has 0 aliphatic heterocycles. The molecule has 0 spiro atoms. The third-order valence-corrected chi connectivity index (χ3v) is 8.94. The summed E-state index contributed by atoms with van der Waals surface area (Å²) in [6.07, 6.45) is 5.88. The van der Waals surface area contributed by atoms with Crippen molar-refractivity contribution >= 4 is 39.7 Å². The fourth-order valence-electron chi connectivity index (χ4n) is 4.72. The fraction of sp³-hybridized carbons (Fsp3) is 0.480. The minimum Gasteiger partial charge on any atom is -0.379 e. The molecule has 35 heavy (non-hydrogen) atoms. The van der Waals surface area contributed by atoms with Gasteiger partial charge in [-0.1, -0.05) is 46.2 Å². The lowest BCUT2D eigenvalue weighted by molar-refractivity contribution is -0.117. The molecule has 1 fully saturated rings. The Morgan fingerprint density at radius 1 is 1.26 bits per heavy atom. The number of hydrogen-bond acceptors (Lipinski definition) is 7. The summed E-state index contributed by atoms with van der Waals surface area (Å²) in [5.74, 6) is 1.02. The first kappa shape index (κ1) is 25.3. The smallest absolute Gasteiger partial charge is 0.288 e. The molecule has 1 amide bonds. The van der Waals surface area contributed by atoms with Crippen molar-refractivity contribution in [2.24, 2.45) is 23.2 Å². The maximum atomic E-state index is 12.9. The maximum absolute atomic E-state index is 12.9. The third kappa shape index (κ3) is 5.26. The standard InChI is InChI=1S/C25H31ClN6O2S/c1-14-10-18(15(2)16(3)25(14,4)5)29-19-11-28-32(23(34)22(19)26)12-21(33)31-24-30-20(13-35-24)17-6-8-27-9-7-17/h6-9,11,13-16,18,29H,10,12H2,1-5H3,(H,30,31,33)/t14-,15+,16+,18+/m0/s1. The first-order chi connectivity index (χ1) is 16.6. The van der Waals surface area contributed by atoms with Crippen molar-refractivity contribution in [1.29, 1.82) is 0 Å². The van der Waals surface area contributed by atoms with Gasteiger partial charge in [-0.25, -0.2) is 9.67 Å². The van der Waals surface area contributed by atoms with Crippen LogP contribution in [0.25, 0.3) is 11.3 Å². The fourth-order valence-corrected chi connectivity index (χ4v) is 5.66. The molecule has 0 unspecified atom stereocenters. The van der Waals surface area contributed by atoms with Crippen molar-refractivity contribution in [1.82, 2.24) is 19.7 Å². The van der Waals surface area contributed by atoms with Crippen LogP contribution >= 0.6 is 22.9 Å². The molecule has 0 saturated heterocycles. The Balaban J connectivity index is 1.42. The van der Waals surface area contributed by atoms with Gasteiger partial charge in [0.05, 0.1) is 17.6 Å². The lowest BCUT2D eigenvalue weighted by Gasteiger charge is -2.50. The van der Waals surface area contributed by atoms with E-state index in [1.807, 2.05) is 17.5 Å². The van der Waals surface area contributed by atoms with E-state index in [2.05, 4.69) is 60.3 Å². The highest BCUT2D eigenvalue weighted by Gasteiger charge is 2.43. The van der Waals surface area contributed by atoms with Gasteiger partial charge >= 0.3 is 0 Å². The number of pyridine rings is 1. The largest absolute Gasteiger partial charge is 0.379 e. The topological polar surface area (TPSA) is 102 Å². The molecule has 4 rings (SSSR count).